The lowest BCUT2D eigenvalue weighted by molar-refractivity contribution is -0.145. The van der Waals surface area contributed by atoms with Crippen molar-refractivity contribution in [1.29, 1.82) is 0 Å². The van der Waals surface area contributed by atoms with Gasteiger partial charge in [0.05, 0.1) is 11.8 Å². The first kappa shape index (κ1) is 44.8. The Kier molecular flexibility index (Phi) is 12.5. The number of sulfonamides is 1. The number of hydrogen-bond donors (Lipinski definition) is 4. The average molecular weight is 899 g/mol. The van der Waals surface area contributed by atoms with Gasteiger partial charge in [-0.15, -0.1) is 0 Å². The van der Waals surface area contributed by atoms with E-state index in [4.69, 9.17) is 18.9 Å². The normalized spacial score (nSPS) is 26.6. The van der Waals surface area contributed by atoms with Crippen molar-refractivity contribution in [1.82, 2.24) is 30.5 Å². The zero-order valence-corrected chi connectivity index (χ0v) is 37.5. The maximum atomic E-state index is 15.0. The van der Waals surface area contributed by atoms with Crippen molar-refractivity contribution in [3.05, 3.63) is 23.3 Å². The minimum Gasteiger partial charge on any atom is -0.454 e. The molecule has 0 aromatic heterocycles. The van der Waals surface area contributed by atoms with Gasteiger partial charge in [-0.2, -0.15) is 0 Å². The summed E-state index contributed by atoms with van der Waals surface area (Å²) in [5, 5.41) is 7.98. The fourth-order valence-corrected chi connectivity index (χ4v) is 11.4. The van der Waals surface area contributed by atoms with E-state index < -0.39 is 86.3 Å². The number of alkyl carbamates (subject to hydrolysis) is 1. The monoisotopic (exact) mass is 898 g/mol. The molecule has 3 aliphatic heterocycles. The van der Waals surface area contributed by atoms with Crippen LogP contribution in [0.25, 0.3) is 0 Å². The van der Waals surface area contributed by atoms with E-state index in [0.29, 0.717) is 43.6 Å². The Labute approximate surface area is 368 Å². The minimum atomic E-state index is -3.93. The number of ether oxygens (including phenoxy) is 4. The number of amides is 6. The zero-order valence-electron chi connectivity index (χ0n) is 36.7. The summed E-state index contributed by atoms with van der Waals surface area (Å²) < 4.78 is 50.6. The summed E-state index contributed by atoms with van der Waals surface area (Å²) in [6, 6.07) is 0.217. The molecule has 4 N–H and O–H groups in total. The number of fused-ring (bicyclic) bond motifs is 2. The number of hydrogen-bond acceptors (Lipinski definition) is 12. The van der Waals surface area contributed by atoms with Crippen LogP contribution >= 0.6 is 0 Å². The molecule has 1 saturated heterocycles. The minimum absolute atomic E-state index is 0.118. The van der Waals surface area contributed by atoms with Crippen molar-refractivity contribution in [3.8, 4) is 11.5 Å². The second-order valence-corrected chi connectivity index (χ2v) is 21.6. The van der Waals surface area contributed by atoms with Gasteiger partial charge >= 0.3 is 12.2 Å². The van der Waals surface area contributed by atoms with Crippen molar-refractivity contribution >= 4 is 45.8 Å². The lowest BCUT2D eigenvalue weighted by atomic mass is 9.82. The summed E-state index contributed by atoms with van der Waals surface area (Å²) in [5.74, 6) is -2.06. The van der Waals surface area contributed by atoms with Crippen LogP contribution in [0.3, 0.4) is 0 Å². The van der Waals surface area contributed by atoms with Crippen LogP contribution in [0.5, 0.6) is 11.5 Å². The first-order valence-electron chi connectivity index (χ1n) is 22.8. The van der Waals surface area contributed by atoms with E-state index >= 15 is 4.79 Å². The molecule has 4 saturated carbocycles. The summed E-state index contributed by atoms with van der Waals surface area (Å²) in [4.78, 5) is 87.4. The Bertz CT molecular complexity index is 2060. The van der Waals surface area contributed by atoms with E-state index in [0.717, 1.165) is 56.1 Å². The number of carbonyl (C=O) groups excluding carboxylic acids is 6. The van der Waals surface area contributed by atoms with Crippen LogP contribution in [0.2, 0.25) is 0 Å². The molecule has 7 aliphatic rings. The van der Waals surface area contributed by atoms with Crippen LogP contribution in [0, 0.1) is 17.3 Å². The van der Waals surface area contributed by atoms with Crippen LogP contribution in [0.1, 0.15) is 129 Å². The van der Waals surface area contributed by atoms with Gasteiger partial charge in [0, 0.05) is 19.5 Å². The van der Waals surface area contributed by atoms with Crippen LogP contribution < -0.4 is 30.1 Å². The summed E-state index contributed by atoms with van der Waals surface area (Å²) in [6.45, 7) is 7.58. The van der Waals surface area contributed by atoms with Crippen LogP contribution in [0.4, 0.5) is 9.59 Å². The first-order chi connectivity index (χ1) is 30.0. The smallest absolute Gasteiger partial charge is 0.410 e. The average Bonchev–Trinajstić information content (AvgIpc) is 3.91. The fourth-order valence-electron chi connectivity index (χ4n) is 10.0. The van der Waals surface area contributed by atoms with Crippen molar-refractivity contribution in [2.75, 3.05) is 13.3 Å². The number of nitrogens with zero attached hydrogens (tertiary/aromatic N) is 2. The summed E-state index contributed by atoms with van der Waals surface area (Å²) >= 11 is 0. The highest BCUT2D eigenvalue weighted by molar-refractivity contribution is 7.91. The third kappa shape index (κ3) is 9.67. The number of rotatable bonds is 13. The lowest BCUT2D eigenvalue weighted by Gasteiger charge is -2.37. The number of likely N-dealkylation sites (tertiary alicyclic amines) is 1. The van der Waals surface area contributed by atoms with E-state index in [-0.39, 0.29) is 57.2 Å². The molecule has 5 fully saturated rings. The van der Waals surface area contributed by atoms with E-state index in [1.807, 2.05) is 19.1 Å². The largest absolute Gasteiger partial charge is 0.454 e. The molecule has 1 aromatic carbocycles. The highest BCUT2D eigenvalue weighted by Gasteiger charge is 2.62. The van der Waals surface area contributed by atoms with Gasteiger partial charge in [0.25, 0.3) is 5.91 Å². The Morgan fingerprint density at radius 1 is 0.857 bits per heavy atom. The molecule has 1 unspecified atom stereocenters. The predicted octanol–water partition coefficient (Wildman–Crippen LogP) is 3.88. The van der Waals surface area contributed by atoms with Gasteiger partial charge in [0.2, 0.25) is 34.5 Å². The van der Waals surface area contributed by atoms with E-state index in [2.05, 4.69) is 20.7 Å². The van der Waals surface area contributed by atoms with Crippen molar-refractivity contribution < 1.29 is 56.1 Å². The molecule has 8 rings (SSSR count). The van der Waals surface area contributed by atoms with E-state index in [9.17, 15) is 32.4 Å². The molecule has 6 atom stereocenters. The van der Waals surface area contributed by atoms with Gasteiger partial charge in [-0.1, -0.05) is 53.4 Å². The molecular formula is C44H62N6O12S. The zero-order chi connectivity index (χ0) is 44.8. The summed E-state index contributed by atoms with van der Waals surface area (Å²) in [6.07, 6.45) is 6.59. The van der Waals surface area contributed by atoms with Crippen molar-refractivity contribution in [2.24, 2.45) is 17.3 Å². The molecule has 1 aromatic rings. The number of carbonyl (C=O) groups is 6. The third-order valence-electron chi connectivity index (χ3n) is 14.0. The molecule has 6 amide bonds. The highest BCUT2D eigenvalue weighted by Crippen LogP contribution is 2.47. The Morgan fingerprint density at radius 3 is 2.08 bits per heavy atom. The number of nitrogens with one attached hydrogen (secondary N) is 4. The summed E-state index contributed by atoms with van der Waals surface area (Å²) in [7, 11) is -3.93. The predicted molar refractivity (Wildman–Crippen MR) is 225 cm³/mol. The van der Waals surface area contributed by atoms with Crippen LogP contribution in [0.15, 0.2) is 12.1 Å². The van der Waals surface area contributed by atoms with Gasteiger partial charge < -0.3 is 39.8 Å². The van der Waals surface area contributed by atoms with Crippen molar-refractivity contribution in [2.45, 2.75) is 172 Å². The second kappa shape index (κ2) is 17.6. The number of benzene rings is 1. The Hall–Kier alpha value is -4.81. The standard InChI is InChI=1S/C44H62N6O12S/c1-5-28-20-44(28,40(54)48-63(57,58)31-15-16-31)47-37(51)32-19-30(62-42(56)49-21-26-17-33-34(60-24-59-33)18-27(26)22-49)23-50(32)39(53)36(43(2,3)4)46-38(52)35(25-11-7-6-8-12-25)45-41(55)61-29-13-9-10-14-29/h17-18,25,28-32,35-36H,5-16,19-24H2,1-4H3,(H,45,55)(H,46,52)(H,47,51)(H,48,54)/t28-,30+,32?,35-,36+,44-/m0/s1. The maximum Gasteiger partial charge on any atom is 0.410 e. The molecular weight excluding hydrogens is 837 g/mol. The fraction of sp³-hybridized carbons (Fsp3) is 0.727. The van der Waals surface area contributed by atoms with Gasteiger partial charge in [-0.25, -0.2) is 18.0 Å². The van der Waals surface area contributed by atoms with Gasteiger partial charge in [0.1, 0.15) is 35.9 Å². The van der Waals surface area contributed by atoms with Gasteiger partial charge in [-0.05, 0) is 98.3 Å². The van der Waals surface area contributed by atoms with E-state index in [1.165, 1.54) is 9.80 Å². The van der Waals surface area contributed by atoms with E-state index in [1.54, 1.807) is 20.8 Å². The van der Waals surface area contributed by atoms with Crippen LogP contribution in [-0.2, 0) is 51.8 Å². The van der Waals surface area contributed by atoms with Crippen LogP contribution in [-0.4, -0.2) is 108 Å². The second-order valence-electron chi connectivity index (χ2n) is 19.7. The molecule has 18 nitrogen and oxygen atoms in total. The summed E-state index contributed by atoms with van der Waals surface area (Å²) in [5.41, 5.74) is -0.692. The Morgan fingerprint density at radius 2 is 1.49 bits per heavy atom. The third-order valence-corrected chi connectivity index (χ3v) is 15.8. The molecule has 19 heteroatoms. The first-order valence-corrected chi connectivity index (χ1v) is 24.3. The Balaban J connectivity index is 1.02. The van der Waals surface area contributed by atoms with Crippen molar-refractivity contribution in [3.63, 3.8) is 0 Å². The molecule has 3 heterocycles. The SMILES string of the molecule is CC[C@H]1C[C@@]1(NC(=O)C1C[C@@H](OC(=O)N2Cc3cc4c(cc3C2)OCO4)CN1C(=O)[C@@H](NC(=O)[C@@H](NC(=O)OC1CCCC1)C1CCCCC1)C(C)(C)C)C(=O)NS(=O)(=O)C1CC1. The quantitative estimate of drug-likeness (QED) is 0.221. The topological polar surface area (TPSA) is 228 Å². The molecule has 0 radical (unpaired) electrons. The maximum absolute atomic E-state index is 15.0. The lowest BCUT2D eigenvalue weighted by Crippen LogP contribution is -2.62. The molecule has 63 heavy (non-hydrogen) atoms. The molecule has 346 valence electrons. The molecule has 4 aliphatic carbocycles. The van der Waals surface area contributed by atoms with Gasteiger partial charge in [0.15, 0.2) is 11.5 Å². The molecule has 0 spiro atoms. The molecule has 0 bridgehead atoms. The highest BCUT2D eigenvalue weighted by atomic mass is 32.2. The van der Waals surface area contributed by atoms with Gasteiger partial charge in [-0.3, -0.25) is 28.8 Å².